The third-order valence-corrected chi connectivity index (χ3v) is 8.46. The molecule has 2 heterocycles. The van der Waals surface area contributed by atoms with Crippen LogP contribution >= 0.6 is 11.3 Å². The van der Waals surface area contributed by atoms with Crippen LogP contribution in [0.3, 0.4) is 0 Å². The zero-order valence-corrected chi connectivity index (χ0v) is 19.8. The molecule has 0 atom stereocenters. The number of aromatic nitrogens is 1. The third-order valence-electron chi connectivity index (χ3n) is 5.58. The monoisotopic (exact) mass is 475 g/mol. The topological polar surface area (TPSA) is 89.0 Å². The van der Waals surface area contributed by atoms with Crippen molar-refractivity contribution in [3.8, 4) is 11.5 Å². The average molecular weight is 476 g/mol. The van der Waals surface area contributed by atoms with Crippen LogP contribution in [-0.4, -0.2) is 70.4 Å². The van der Waals surface area contributed by atoms with Crippen molar-refractivity contribution >= 4 is 42.4 Å². The van der Waals surface area contributed by atoms with Crippen molar-refractivity contribution in [2.75, 3.05) is 51.1 Å². The molecule has 1 amide bonds. The van der Waals surface area contributed by atoms with E-state index in [1.54, 1.807) is 49.5 Å². The lowest BCUT2D eigenvalue weighted by Crippen LogP contribution is -2.48. The van der Waals surface area contributed by atoms with Crippen LogP contribution in [-0.2, 0) is 9.84 Å². The standard InChI is InChI=1S/C22H25N3O5S2/c1-4-32(27,28)16-7-5-15(6-8-16)21(26)24-11-13-25(14-12-24)22-23-19-17(29-2)9-10-18(30-3)20(19)31-22/h5-10H,4,11-14H2,1-3H3. The highest BCUT2D eigenvalue weighted by molar-refractivity contribution is 7.91. The molecule has 32 heavy (non-hydrogen) atoms. The number of methoxy groups -OCH3 is 2. The molecule has 0 unspecified atom stereocenters. The molecule has 1 aromatic heterocycles. The number of amides is 1. The Labute approximate surface area is 191 Å². The highest BCUT2D eigenvalue weighted by Crippen LogP contribution is 2.40. The molecule has 0 aliphatic carbocycles. The molecule has 0 bridgehead atoms. The maximum Gasteiger partial charge on any atom is 0.253 e. The quantitative estimate of drug-likeness (QED) is 0.541. The first-order valence-corrected chi connectivity index (χ1v) is 12.7. The molecule has 0 spiro atoms. The van der Waals surface area contributed by atoms with E-state index in [2.05, 4.69) is 4.90 Å². The van der Waals surface area contributed by atoms with Gasteiger partial charge in [0.25, 0.3) is 5.91 Å². The van der Waals surface area contributed by atoms with E-state index in [1.807, 2.05) is 12.1 Å². The Morgan fingerprint density at radius 2 is 1.62 bits per heavy atom. The number of benzene rings is 2. The lowest BCUT2D eigenvalue weighted by Gasteiger charge is -2.34. The van der Waals surface area contributed by atoms with Crippen LogP contribution in [0.1, 0.15) is 17.3 Å². The molecular formula is C22H25N3O5S2. The summed E-state index contributed by atoms with van der Waals surface area (Å²) in [5, 5.41) is 0.865. The smallest absolute Gasteiger partial charge is 0.253 e. The maximum absolute atomic E-state index is 12.9. The zero-order valence-electron chi connectivity index (χ0n) is 18.2. The van der Waals surface area contributed by atoms with Crippen LogP contribution in [0.15, 0.2) is 41.3 Å². The van der Waals surface area contributed by atoms with Gasteiger partial charge >= 0.3 is 0 Å². The van der Waals surface area contributed by atoms with Crippen molar-refractivity contribution in [3.05, 3.63) is 42.0 Å². The van der Waals surface area contributed by atoms with Gasteiger partial charge in [0.15, 0.2) is 15.0 Å². The van der Waals surface area contributed by atoms with E-state index in [0.717, 1.165) is 21.1 Å². The van der Waals surface area contributed by atoms with Gasteiger partial charge in [0.1, 0.15) is 21.7 Å². The number of fused-ring (bicyclic) bond motifs is 1. The predicted molar refractivity (Wildman–Crippen MR) is 125 cm³/mol. The molecule has 4 rings (SSSR count). The molecule has 1 saturated heterocycles. The Bertz CT molecular complexity index is 1190. The average Bonchev–Trinajstić information content (AvgIpc) is 3.29. The second kappa shape index (κ2) is 8.95. The first-order valence-electron chi connectivity index (χ1n) is 10.3. The molecule has 170 valence electrons. The molecule has 10 heteroatoms. The van der Waals surface area contributed by atoms with Gasteiger partial charge < -0.3 is 19.3 Å². The predicted octanol–water partition coefficient (Wildman–Crippen LogP) is 3.07. The molecule has 1 aliphatic heterocycles. The summed E-state index contributed by atoms with van der Waals surface area (Å²) in [4.78, 5) is 21.8. The van der Waals surface area contributed by atoms with Gasteiger partial charge in [-0.05, 0) is 36.4 Å². The van der Waals surface area contributed by atoms with Gasteiger partial charge in [-0.25, -0.2) is 13.4 Å². The number of rotatable bonds is 6. The van der Waals surface area contributed by atoms with E-state index < -0.39 is 9.84 Å². The Hall–Kier alpha value is -2.85. The summed E-state index contributed by atoms with van der Waals surface area (Å²) in [7, 11) is -0.0260. The molecule has 2 aromatic carbocycles. The number of ether oxygens (including phenoxy) is 2. The van der Waals surface area contributed by atoms with E-state index in [0.29, 0.717) is 37.5 Å². The Morgan fingerprint density at radius 3 is 2.22 bits per heavy atom. The van der Waals surface area contributed by atoms with Crippen LogP contribution in [0.2, 0.25) is 0 Å². The summed E-state index contributed by atoms with van der Waals surface area (Å²) < 4.78 is 35.8. The van der Waals surface area contributed by atoms with Gasteiger partial charge in [0.05, 0.1) is 24.9 Å². The van der Waals surface area contributed by atoms with Gasteiger partial charge in [-0.1, -0.05) is 18.3 Å². The molecular weight excluding hydrogens is 450 g/mol. The van der Waals surface area contributed by atoms with Crippen LogP contribution in [0.25, 0.3) is 10.2 Å². The minimum Gasteiger partial charge on any atom is -0.495 e. The van der Waals surface area contributed by atoms with Crippen molar-refractivity contribution in [2.24, 2.45) is 0 Å². The van der Waals surface area contributed by atoms with E-state index in [-0.39, 0.29) is 16.6 Å². The van der Waals surface area contributed by atoms with Crippen molar-refractivity contribution in [3.63, 3.8) is 0 Å². The zero-order chi connectivity index (χ0) is 22.9. The summed E-state index contributed by atoms with van der Waals surface area (Å²) in [6.45, 7) is 4.01. The number of anilines is 1. The molecule has 0 N–H and O–H groups in total. The number of piperazine rings is 1. The fourth-order valence-electron chi connectivity index (χ4n) is 3.66. The highest BCUT2D eigenvalue weighted by atomic mass is 32.2. The van der Waals surface area contributed by atoms with Crippen LogP contribution in [0.4, 0.5) is 5.13 Å². The summed E-state index contributed by atoms with van der Waals surface area (Å²) in [6, 6.07) is 9.90. The number of carbonyl (C=O) groups excluding carboxylic acids is 1. The van der Waals surface area contributed by atoms with Gasteiger partial charge in [0, 0.05) is 31.7 Å². The summed E-state index contributed by atoms with van der Waals surface area (Å²) in [6.07, 6.45) is 0. The number of carbonyl (C=O) groups is 1. The van der Waals surface area contributed by atoms with Crippen molar-refractivity contribution in [1.82, 2.24) is 9.88 Å². The molecule has 3 aromatic rings. The van der Waals surface area contributed by atoms with Gasteiger partial charge in [-0.2, -0.15) is 0 Å². The highest BCUT2D eigenvalue weighted by Gasteiger charge is 2.25. The van der Waals surface area contributed by atoms with E-state index in [1.165, 1.54) is 12.1 Å². The van der Waals surface area contributed by atoms with Crippen LogP contribution in [0.5, 0.6) is 11.5 Å². The number of nitrogens with zero attached hydrogens (tertiary/aromatic N) is 3. The first-order chi connectivity index (χ1) is 15.4. The number of sulfone groups is 1. The second-order valence-corrected chi connectivity index (χ2v) is 10.6. The Balaban J connectivity index is 1.47. The minimum atomic E-state index is -3.28. The third kappa shape index (κ3) is 4.12. The Kier molecular flexibility index (Phi) is 6.25. The van der Waals surface area contributed by atoms with Crippen LogP contribution < -0.4 is 14.4 Å². The molecule has 0 radical (unpaired) electrons. The Morgan fingerprint density at radius 1 is 1.00 bits per heavy atom. The van der Waals surface area contributed by atoms with E-state index >= 15 is 0 Å². The lowest BCUT2D eigenvalue weighted by atomic mass is 10.2. The number of hydrogen-bond donors (Lipinski definition) is 0. The lowest BCUT2D eigenvalue weighted by molar-refractivity contribution is 0.0746. The van der Waals surface area contributed by atoms with Gasteiger partial charge in [-0.3, -0.25) is 4.79 Å². The second-order valence-electron chi connectivity index (χ2n) is 7.35. The summed E-state index contributed by atoms with van der Waals surface area (Å²) >= 11 is 1.55. The first kappa shape index (κ1) is 22.3. The number of hydrogen-bond acceptors (Lipinski definition) is 8. The number of thiazole rings is 1. The fraction of sp³-hybridized carbons (Fsp3) is 0.364. The molecule has 1 fully saturated rings. The van der Waals surface area contributed by atoms with Gasteiger partial charge in [0.2, 0.25) is 0 Å². The largest absolute Gasteiger partial charge is 0.495 e. The van der Waals surface area contributed by atoms with Crippen molar-refractivity contribution < 1.29 is 22.7 Å². The van der Waals surface area contributed by atoms with Crippen molar-refractivity contribution in [1.29, 1.82) is 0 Å². The fourth-order valence-corrected chi connectivity index (χ4v) is 5.67. The maximum atomic E-state index is 12.9. The molecule has 8 nitrogen and oxygen atoms in total. The SMILES string of the molecule is CCS(=O)(=O)c1ccc(C(=O)N2CCN(c3nc4c(OC)ccc(OC)c4s3)CC2)cc1. The van der Waals surface area contributed by atoms with Crippen molar-refractivity contribution in [2.45, 2.75) is 11.8 Å². The van der Waals surface area contributed by atoms with Crippen LogP contribution in [0, 0.1) is 0 Å². The summed E-state index contributed by atoms with van der Waals surface area (Å²) in [5.41, 5.74) is 1.26. The molecule has 1 aliphatic rings. The molecule has 0 saturated carbocycles. The minimum absolute atomic E-state index is 0.0335. The van der Waals surface area contributed by atoms with E-state index in [4.69, 9.17) is 14.5 Å². The van der Waals surface area contributed by atoms with E-state index in [9.17, 15) is 13.2 Å². The summed E-state index contributed by atoms with van der Waals surface area (Å²) in [5.74, 6) is 1.39. The van der Waals surface area contributed by atoms with Gasteiger partial charge in [-0.15, -0.1) is 0 Å². The normalized spacial score (nSPS) is 14.6.